The molecule has 0 aliphatic carbocycles. The number of ether oxygens (including phenoxy) is 5. The van der Waals surface area contributed by atoms with Crippen molar-refractivity contribution in [2.45, 2.75) is 317 Å². The zero-order valence-electron chi connectivity index (χ0n) is 63.7. The molecule has 0 bridgehead atoms. The number of phosphoric ester groups is 2. The van der Waals surface area contributed by atoms with Gasteiger partial charge in [-0.3, -0.25) is 23.2 Å². The molecule has 3 rings (SSSR count). The van der Waals surface area contributed by atoms with Crippen LogP contribution in [0.15, 0.2) is 128 Å². The number of aliphatic hydroxyl groups excluding tert-OH is 8. The highest BCUT2D eigenvalue weighted by atomic mass is 31.3. The SMILES string of the molecule is CC(=O)N[C@H]1[C@@H](O[C@H]2[C@@H](O)[C@@H](CO)O[C@H](OP(=O)([O-])OP(=O)([O-])OC/C=C(/C)CC/C=C(/C)CC/C=C(/C)CC/C=C(/C)CC/C=C(/C)CC/C=C(/C)CC/C=C(/C)CC/C=C(\C)CC/C=C(\C)CC/C=C(\C)CCC=C(C)C)[C@@H]2NC(C)=O)O[C@H](CO)[C@H](O)[C@@H]1O[C@@H]1O[C@H](CO)[C@H](O)[C@H](O)[C@H]1O. The molecule has 103 heavy (non-hydrogen) atoms. The Morgan fingerprint density at radius 3 is 0.951 bits per heavy atom. The quantitative estimate of drug-likeness (QED) is 0.0200. The Hall–Kier alpha value is -4.18. The largest absolute Gasteiger partial charge is 0.756 e. The third kappa shape index (κ3) is 37.0. The molecule has 0 aromatic rings. The standard InChI is InChI=1S/C77H128N2O22P2/c1-50(2)25-15-26-51(3)27-16-28-52(4)29-17-30-53(5)31-18-32-54(6)33-19-34-55(7)35-20-36-56(8)37-21-38-57(9)39-22-40-58(10)41-23-42-59(11)43-24-44-60(12)45-46-94-102(90,91)101-103(92,93)100-76-67(79-62(14)84)74(70(87)65(49-82)96-76)98-75-66(78-61(13)83)73(69(86)64(48-81)95-75)99-77-72(89)71(88)68(85)63(47-80)97-77/h25,27,29,31,33,35,37,39,41,43,45,63-77,80-82,85-89H,15-24,26,28,30,32,34,36,38,40,42,44,46-49H2,1-14H3,(H,78,83)(H,79,84)(H,90,91)(H,92,93)/p-2/b51-27+,52-29+,53-31+,54-33-,55-35-,56-37-,57-39-,58-41-,59-43-,60-45-/t63-,64-,65-,66-,67-,68+,69+,70+,71+,72-,73-,74-,75-,76-,77+/m1/s1. The molecule has 3 saturated heterocycles. The normalized spacial score (nSPS) is 28.3. The molecular weight excluding hydrogens is 1370 g/mol. The molecule has 2 amide bonds. The maximum atomic E-state index is 13.3. The summed E-state index contributed by atoms with van der Waals surface area (Å²) in [5, 5.41) is 89.1. The van der Waals surface area contributed by atoms with Gasteiger partial charge in [-0.05, 0) is 212 Å². The summed E-state index contributed by atoms with van der Waals surface area (Å²) < 4.78 is 69.0. The van der Waals surface area contributed by atoms with Gasteiger partial charge < -0.3 is 89.5 Å². The summed E-state index contributed by atoms with van der Waals surface area (Å²) in [5.74, 6) is -1.76. The predicted molar refractivity (Wildman–Crippen MR) is 395 cm³/mol. The van der Waals surface area contributed by atoms with Gasteiger partial charge in [0, 0.05) is 13.8 Å². The van der Waals surface area contributed by atoms with Crippen LogP contribution in [-0.4, -0.2) is 171 Å². The minimum atomic E-state index is -6.10. The van der Waals surface area contributed by atoms with Gasteiger partial charge in [-0.15, -0.1) is 0 Å². The maximum absolute atomic E-state index is 13.3. The van der Waals surface area contributed by atoms with E-state index in [2.05, 4.69) is 145 Å². The van der Waals surface area contributed by atoms with Crippen LogP contribution >= 0.6 is 15.6 Å². The number of hydrogen-bond donors (Lipinski definition) is 10. The molecule has 3 aliphatic rings. The maximum Gasteiger partial charge on any atom is 0.276 e. The van der Waals surface area contributed by atoms with E-state index < -0.39 is 146 Å². The Labute approximate surface area is 613 Å². The molecule has 0 aromatic heterocycles. The van der Waals surface area contributed by atoms with Gasteiger partial charge in [0.15, 0.2) is 18.9 Å². The highest BCUT2D eigenvalue weighted by Gasteiger charge is 2.55. The van der Waals surface area contributed by atoms with Crippen molar-refractivity contribution in [3.63, 3.8) is 0 Å². The number of allylic oxidation sites excluding steroid dienone is 21. The average Bonchev–Trinajstić information content (AvgIpc) is 0.770. The van der Waals surface area contributed by atoms with Gasteiger partial charge in [-0.25, -0.2) is 4.31 Å². The molecule has 3 heterocycles. The fraction of sp³-hybridized carbons (Fsp3) is 0.688. The van der Waals surface area contributed by atoms with Crippen LogP contribution in [0.3, 0.4) is 0 Å². The van der Waals surface area contributed by atoms with E-state index in [0.717, 1.165) is 135 Å². The van der Waals surface area contributed by atoms with E-state index in [0.29, 0.717) is 12.8 Å². The predicted octanol–water partition coefficient (Wildman–Crippen LogP) is 10.9. The van der Waals surface area contributed by atoms with E-state index in [1.807, 2.05) is 6.92 Å². The molecule has 10 N–H and O–H groups in total. The molecule has 0 aromatic carbocycles. The summed E-state index contributed by atoms with van der Waals surface area (Å²) in [7, 11) is -11.8. The Bertz CT molecular complexity index is 3050. The van der Waals surface area contributed by atoms with Gasteiger partial charge in [0.05, 0.1) is 26.4 Å². The number of hydrogen-bond acceptors (Lipinski definition) is 22. The topological polar surface area (TPSA) is 374 Å². The van der Waals surface area contributed by atoms with Crippen molar-refractivity contribution < 1.29 is 106 Å². The number of nitrogens with one attached hydrogen (secondary N) is 2. The fourth-order valence-corrected chi connectivity index (χ4v) is 14.0. The number of carbonyl (C=O) groups excluding carboxylic acids is 2. The second-order valence-corrected chi connectivity index (χ2v) is 31.2. The molecule has 0 radical (unpaired) electrons. The highest BCUT2D eigenvalue weighted by Crippen LogP contribution is 2.57. The lowest BCUT2D eigenvalue weighted by Crippen LogP contribution is -2.71. The molecule has 3 fully saturated rings. The van der Waals surface area contributed by atoms with Gasteiger partial charge in [-0.2, -0.15) is 0 Å². The van der Waals surface area contributed by atoms with Gasteiger partial charge in [0.2, 0.25) is 11.8 Å². The van der Waals surface area contributed by atoms with Crippen LogP contribution in [0.25, 0.3) is 0 Å². The molecule has 26 heteroatoms. The van der Waals surface area contributed by atoms with E-state index in [-0.39, 0.29) is 0 Å². The third-order valence-corrected chi connectivity index (χ3v) is 20.9. The minimum Gasteiger partial charge on any atom is -0.756 e. The summed E-state index contributed by atoms with van der Waals surface area (Å²) in [4.78, 5) is 51.5. The monoisotopic (exact) mass is 1490 g/mol. The summed E-state index contributed by atoms with van der Waals surface area (Å²) >= 11 is 0. The number of rotatable bonds is 46. The molecule has 588 valence electrons. The molecule has 0 saturated carbocycles. The highest BCUT2D eigenvalue weighted by molar-refractivity contribution is 7.59. The summed E-state index contributed by atoms with van der Waals surface area (Å²) in [6.07, 6.45) is 20.6. The Morgan fingerprint density at radius 1 is 0.369 bits per heavy atom. The first-order valence-corrected chi connectivity index (χ1v) is 39.4. The van der Waals surface area contributed by atoms with Crippen molar-refractivity contribution in [3.8, 4) is 0 Å². The Balaban J connectivity index is 1.41. The number of phosphoric acid groups is 2. The Kier molecular flexibility index (Phi) is 44.2. The summed E-state index contributed by atoms with van der Waals surface area (Å²) in [6.45, 7) is 24.5. The fourth-order valence-electron chi connectivity index (χ4n) is 12.0. The van der Waals surface area contributed by atoms with E-state index in [9.17, 15) is 69.4 Å². The number of amides is 2. The van der Waals surface area contributed by atoms with Gasteiger partial charge in [0.1, 0.15) is 73.1 Å². The van der Waals surface area contributed by atoms with Crippen LogP contribution in [0.4, 0.5) is 0 Å². The van der Waals surface area contributed by atoms with E-state index in [1.54, 1.807) is 6.92 Å². The molecule has 0 spiro atoms. The van der Waals surface area contributed by atoms with Crippen LogP contribution < -0.4 is 20.4 Å². The van der Waals surface area contributed by atoms with Crippen LogP contribution in [0.5, 0.6) is 0 Å². The van der Waals surface area contributed by atoms with Crippen molar-refractivity contribution in [1.29, 1.82) is 0 Å². The minimum absolute atomic E-state index is 0.531. The molecule has 17 atom stereocenters. The van der Waals surface area contributed by atoms with Crippen molar-refractivity contribution in [2.24, 2.45) is 0 Å². The lowest BCUT2D eigenvalue weighted by molar-refractivity contribution is -0.357. The second-order valence-electron chi connectivity index (χ2n) is 28.3. The lowest BCUT2D eigenvalue weighted by Gasteiger charge is -2.50. The van der Waals surface area contributed by atoms with Crippen LogP contribution in [0.1, 0.15) is 225 Å². The first kappa shape index (κ1) is 93.0. The Morgan fingerprint density at radius 2 is 0.641 bits per heavy atom. The van der Waals surface area contributed by atoms with Gasteiger partial charge in [0.25, 0.3) is 15.6 Å². The summed E-state index contributed by atoms with van der Waals surface area (Å²) in [5.41, 5.74) is 14.9. The van der Waals surface area contributed by atoms with Crippen LogP contribution in [-0.2, 0) is 55.8 Å². The van der Waals surface area contributed by atoms with E-state index >= 15 is 0 Å². The summed E-state index contributed by atoms with van der Waals surface area (Å²) in [6, 6.07) is -3.69. The first-order valence-electron chi connectivity index (χ1n) is 36.5. The van der Waals surface area contributed by atoms with Gasteiger partial charge in [-0.1, -0.05) is 128 Å². The first-order chi connectivity index (χ1) is 48.6. The lowest BCUT2D eigenvalue weighted by atomic mass is 9.94. The van der Waals surface area contributed by atoms with Crippen molar-refractivity contribution in [3.05, 3.63) is 128 Å². The van der Waals surface area contributed by atoms with Crippen molar-refractivity contribution in [1.82, 2.24) is 10.6 Å². The third-order valence-electron chi connectivity index (χ3n) is 18.3. The smallest absolute Gasteiger partial charge is 0.276 e. The molecule has 3 aliphatic heterocycles. The van der Waals surface area contributed by atoms with E-state index in [1.165, 1.54) is 61.8 Å². The number of carbonyl (C=O) groups is 2. The molecular formula is C77H126N2O22P2-2. The zero-order chi connectivity index (χ0) is 77.0. The van der Waals surface area contributed by atoms with Crippen molar-refractivity contribution >= 4 is 27.5 Å². The second kappa shape index (κ2) is 49.0. The van der Waals surface area contributed by atoms with Crippen LogP contribution in [0, 0.1) is 0 Å². The number of aliphatic hydroxyl groups is 8. The zero-order valence-corrected chi connectivity index (χ0v) is 65.5. The van der Waals surface area contributed by atoms with Gasteiger partial charge >= 0.3 is 0 Å². The molecule has 2 unspecified atom stereocenters. The molecule has 24 nitrogen and oxygen atoms in total. The average molecular weight is 1490 g/mol. The van der Waals surface area contributed by atoms with E-state index in [4.69, 9.17) is 32.7 Å². The van der Waals surface area contributed by atoms with Crippen LogP contribution in [0.2, 0.25) is 0 Å². The van der Waals surface area contributed by atoms with Crippen molar-refractivity contribution in [2.75, 3.05) is 26.4 Å².